The van der Waals surface area contributed by atoms with Crippen molar-refractivity contribution in [3.63, 3.8) is 0 Å². The summed E-state index contributed by atoms with van der Waals surface area (Å²) in [6.07, 6.45) is 1.08. The highest BCUT2D eigenvalue weighted by Gasteiger charge is 2.24. The standard InChI is InChI=1S/C15H24FNO/c1-5-10-17-14(15(2,3)4)11-18-13-9-7-6-8-12(13)16/h6-9,14,17H,5,10-11H2,1-4H3. The quantitative estimate of drug-likeness (QED) is 0.836. The van der Waals surface area contributed by atoms with E-state index in [-0.39, 0.29) is 17.3 Å². The van der Waals surface area contributed by atoms with Crippen molar-refractivity contribution >= 4 is 0 Å². The van der Waals surface area contributed by atoms with Gasteiger partial charge in [-0.1, -0.05) is 39.8 Å². The molecule has 0 aliphatic heterocycles. The normalized spacial score (nSPS) is 13.4. The summed E-state index contributed by atoms with van der Waals surface area (Å²) >= 11 is 0. The molecule has 0 bridgehead atoms. The summed E-state index contributed by atoms with van der Waals surface area (Å²) in [5.74, 6) is 0.0192. The number of ether oxygens (including phenoxy) is 1. The molecule has 18 heavy (non-hydrogen) atoms. The number of benzene rings is 1. The number of rotatable bonds is 6. The Morgan fingerprint density at radius 2 is 1.94 bits per heavy atom. The average molecular weight is 253 g/mol. The maximum absolute atomic E-state index is 13.4. The highest BCUT2D eigenvalue weighted by molar-refractivity contribution is 5.23. The van der Waals surface area contributed by atoms with E-state index in [1.165, 1.54) is 6.07 Å². The Kier molecular flexibility index (Phi) is 5.60. The molecule has 0 aliphatic rings. The lowest BCUT2D eigenvalue weighted by Gasteiger charge is -2.31. The van der Waals surface area contributed by atoms with E-state index in [1.807, 2.05) is 0 Å². The maximum Gasteiger partial charge on any atom is 0.165 e. The molecule has 0 aromatic heterocycles. The average Bonchev–Trinajstić information content (AvgIpc) is 2.29. The first-order valence-corrected chi connectivity index (χ1v) is 6.56. The molecule has 0 radical (unpaired) electrons. The molecule has 0 aliphatic carbocycles. The summed E-state index contributed by atoms with van der Waals surface area (Å²) in [5.41, 5.74) is 0.0838. The van der Waals surface area contributed by atoms with Gasteiger partial charge in [0.2, 0.25) is 0 Å². The molecule has 1 N–H and O–H groups in total. The van der Waals surface area contributed by atoms with Crippen LogP contribution in [0.5, 0.6) is 5.75 Å². The fraction of sp³-hybridized carbons (Fsp3) is 0.600. The molecule has 0 saturated heterocycles. The molecule has 2 nitrogen and oxygen atoms in total. The van der Waals surface area contributed by atoms with Gasteiger partial charge in [-0.3, -0.25) is 0 Å². The lowest BCUT2D eigenvalue weighted by molar-refractivity contribution is 0.170. The van der Waals surface area contributed by atoms with Gasteiger partial charge in [0.1, 0.15) is 6.61 Å². The van der Waals surface area contributed by atoms with Crippen molar-refractivity contribution in [2.75, 3.05) is 13.2 Å². The molecule has 3 heteroatoms. The van der Waals surface area contributed by atoms with Gasteiger partial charge in [0.15, 0.2) is 11.6 Å². The number of hydrogen-bond donors (Lipinski definition) is 1. The van der Waals surface area contributed by atoms with E-state index >= 15 is 0 Å². The van der Waals surface area contributed by atoms with Crippen molar-refractivity contribution < 1.29 is 9.13 Å². The first kappa shape index (κ1) is 15.0. The van der Waals surface area contributed by atoms with E-state index in [0.29, 0.717) is 12.4 Å². The van der Waals surface area contributed by atoms with Gasteiger partial charge < -0.3 is 10.1 Å². The van der Waals surface area contributed by atoms with Gasteiger partial charge in [-0.05, 0) is 30.5 Å². The minimum Gasteiger partial charge on any atom is -0.489 e. The Morgan fingerprint density at radius 3 is 2.50 bits per heavy atom. The topological polar surface area (TPSA) is 21.3 Å². The molecule has 0 saturated carbocycles. The second-order valence-electron chi connectivity index (χ2n) is 5.61. The fourth-order valence-electron chi connectivity index (χ4n) is 1.67. The summed E-state index contributed by atoms with van der Waals surface area (Å²) in [7, 11) is 0. The highest BCUT2D eigenvalue weighted by atomic mass is 19.1. The Hall–Kier alpha value is -1.09. The van der Waals surface area contributed by atoms with Crippen LogP contribution in [0.15, 0.2) is 24.3 Å². The Bertz CT molecular complexity index is 360. The molecule has 102 valence electrons. The Morgan fingerprint density at radius 1 is 1.28 bits per heavy atom. The molecule has 0 fully saturated rings. The third-order valence-corrected chi connectivity index (χ3v) is 2.93. The van der Waals surface area contributed by atoms with Crippen molar-refractivity contribution in [1.82, 2.24) is 5.32 Å². The van der Waals surface area contributed by atoms with Crippen LogP contribution >= 0.6 is 0 Å². The minimum absolute atomic E-state index is 0.0838. The maximum atomic E-state index is 13.4. The zero-order chi connectivity index (χ0) is 13.6. The van der Waals surface area contributed by atoms with Gasteiger partial charge in [-0.25, -0.2) is 4.39 Å². The SMILES string of the molecule is CCCNC(COc1ccccc1F)C(C)(C)C. The molecular weight excluding hydrogens is 229 g/mol. The van der Waals surface area contributed by atoms with Crippen molar-refractivity contribution in [3.05, 3.63) is 30.1 Å². The third-order valence-electron chi connectivity index (χ3n) is 2.93. The minimum atomic E-state index is -0.305. The van der Waals surface area contributed by atoms with E-state index in [0.717, 1.165) is 13.0 Å². The van der Waals surface area contributed by atoms with Gasteiger partial charge in [0.05, 0.1) is 0 Å². The van der Waals surface area contributed by atoms with Crippen molar-refractivity contribution in [2.24, 2.45) is 5.41 Å². The van der Waals surface area contributed by atoms with Crippen molar-refractivity contribution in [1.29, 1.82) is 0 Å². The van der Waals surface area contributed by atoms with Crippen LogP contribution in [0.2, 0.25) is 0 Å². The number of para-hydroxylation sites is 1. The molecule has 0 amide bonds. The number of hydrogen-bond acceptors (Lipinski definition) is 2. The second kappa shape index (κ2) is 6.74. The van der Waals surface area contributed by atoms with Crippen LogP contribution in [0.25, 0.3) is 0 Å². The number of halogens is 1. The summed E-state index contributed by atoms with van der Waals surface area (Å²) in [5, 5.41) is 3.45. The number of nitrogens with one attached hydrogen (secondary N) is 1. The van der Waals surface area contributed by atoms with E-state index in [2.05, 4.69) is 33.0 Å². The molecule has 1 aromatic rings. The summed E-state index contributed by atoms with van der Waals surface area (Å²) in [4.78, 5) is 0. The first-order valence-electron chi connectivity index (χ1n) is 6.56. The zero-order valence-electron chi connectivity index (χ0n) is 11.8. The fourth-order valence-corrected chi connectivity index (χ4v) is 1.67. The second-order valence-corrected chi connectivity index (χ2v) is 5.61. The summed E-state index contributed by atoms with van der Waals surface area (Å²) in [6.45, 7) is 10.0. The third kappa shape index (κ3) is 4.65. The summed E-state index contributed by atoms with van der Waals surface area (Å²) < 4.78 is 19.0. The highest BCUT2D eigenvalue weighted by Crippen LogP contribution is 2.22. The van der Waals surface area contributed by atoms with Crippen LogP contribution < -0.4 is 10.1 Å². The van der Waals surface area contributed by atoms with Crippen LogP contribution in [-0.2, 0) is 0 Å². The first-order chi connectivity index (χ1) is 8.45. The van der Waals surface area contributed by atoms with E-state index in [1.54, 1.807) is 18.2 Å². The van der Waals surface area contributed by atoms with Crippen LogP contribution in [0.4, 0.5) is 4.39 Å². The van der Waals surface area contributed by atoms with Gasteiger partial charge in [-0.2, -0.15) is 0 Å². The van der Waals surface area contributed by atoms with E-state index in [9.17, 15) is 4.39 Å². The lowest BCUT2D eigenvalue weighted by atomic mass is 9.87. The van der Waals surface area contributed by atoms with Crippen molar-refractivity contribution in [2.45, 2.75) is 40.2 Å². The van der Waals surface area contributed by atoms with E-state index < -0.39 is 0 Å². The molecular formula is C15H24FNO. The zero-order valence-corrected chi connectivity index (χ0v) is 11.8. The largest absolute Gasteiger partial charge is 0.489 e. The van der Waals surface area contributed by atoms with Crippen molar-refractivity contribution in [3.8, 4) is 5.75 Å². The molecule has 1 aromatic carbocycles. The molecule has 0 heterocycles. The van der Waals surface area contributed by atoms with Crippen LogP contribution in [-0.4, -0.2) is 19.2 Å². The van der Waals surface area contributed by atoms with Crippen LogP contribution in [0.1, 0.15) is 34.1 Å². The van der Waals surface area contributed by atoms with Gasteiger partial charge >= 0.3 is 0 Å². The van der Waals surface area contributed by atoms with Crippen LogP contribution in [0.3, 0.4) is 0 Å². The Balaban J connectivity index is 2.59. The molecule has 1 unspecified atom stereocenters. The molecule has 1 rings (SSSR count). The van der Waals surface area contributed by atoms with Crippen LogP contribution in [0, 0.1) is 11.2 Å². The lowest BCUT2D eigenvalue weighted by Crippen LogP contribution is -2.45. The smallest absolute Gasteiger partial charge is 0.165 e. The monoisotopic (exact) mass is 253 g/mol. The van der Waals surface area contributed by atoms with Gasteiger partial charge in [0, 0.05) is 6.04 Å². The predicted octanol–water partition coefficient (Wildman–Crippen LogP) is 3.62. The van der Waals surface area contributed by atoms with Gasteiger partial charge in [0.25, 0.3) is 0 Å². The van der Waals surface area contributed by atoms with Gasteiger partial charge in [-0.15, -0.1) is 0 Å². The Labute approximate surface area is 110 Å². The van der Waals surface area contributed by atoms with E-state index in [4.69, 9.17) is 4.74 Å². The predicted molar refractivity (Wildman–Crippen MR) is 73.4 cm³/mol. The summed E-state index contributed by atoms with van der Waals surface area (Å²) in [6, 6.07) is 6.73. The molecule has 0 spiro atoms. The molecule has 1 atom stereocenters.